The maximum absolute atomic E-state index is 12.2. The van der Waals surface area contributed by atoms with Gasteiger partial charge in [-0.25, -0.2) is 4.79 Å². The molecule has 0 bridgehead atoms. The summed E-state index contributed by atoms with van der Waals surface area (Å²) in [5.41, 5.74) is 6.85. The SMILES string of the molecule is Cc1cc(-c2cnc3c(-c4ccc(C(=O)O)cc4)cn(CC4CCCCC4)c3c2)cn(C)c1=O. The summed E-state index contributed by atoms with van der Waals surface area (Å²) in [6, 6.07) is 11.1. The Labute approximate surface area is 198 Å². The fraction of sp³-hybridized carbons (Fsp3) is 0.321. The molecule has 0 saturated heterocycles. The molecule has 34 heavy (non-hydrogen) atoms. The molecule has 0 atom stereocenters. The van der Waals surface area contributed by atoms with Crippen LogP contribution in [0.15, 0.2) is 59.8 Å². The third-order valence-electron chi connectivity index (χ3n) is 7.04. The van der Waals surface area contributed by atoms with Gasteiger partial charge >= 0.3 is 5.97 Å². The molecule has 0 unspecified atom stereocenters. The van der Waals surface area contributed by atoms with Crippen molar-refractivity contribution < 1.29 is 9.90 Å². The van der Waals surface area contributed by atoms with Crippen LogP contribution in [-0.4, -0.2) is 25.2 Å². The number of carbonyl (C=O) groups is 1. The normalized spacial score (nSPS) is 14.5. The highest BCUT2D eigenvalue weighted by Gasteiger charge is 2.19. The number of aromatic carboxylic acids is 1. The van der Waals surface area contributed by atoms with Gasteiger partial charge in [0.05, 0.1) is 16.6 Å². The molecule has 174 valence electrons. The molecule has 3 heterocycles. The van der Waals surface area contributed by atoms with E-state index in [1.54, 1.807) is 23.7 Å². The van der Waals surface area contributed by atoms with Crippen LogP contribution in [0.1, 0.15) is 48.0 Å². The monoisotopic (exact) mass is 455 g/mol. The largest absolute Gasteiger partial charge is 0.478 e. The molecule has 0 aliphatic heterocycles. The molecule has 0 radical (unpaired) electrons. The Morgan fingerprint density at radius 3 is 2.44 bits per heavy atom. The van der Waals surface area contributed by atoms with Crippen molar-refractivity contribution in [3.63, 3.8) is 0 Å². The fourth-order valence-corrected chi connectivity index (χ4v) is 5.16. The molecule has 3 aromatic heterocycles. The van der Waals surface area contributed by atoms with Gasteiger partial charge in [0.25, 0.3) is 5.56 Å². The van der Waals surface area contributed by atoms with E-state index in [2.05, 4.69) is 16.8 Å². The van der Waals surface area contributed by atoms with Crippen LogP contribution in [0.4, 0.5) is 0 Å². The van der Waals surface area contributed by atoms with Crippen LogP contribution in [0.5, 0.6) is 0 Å². The first kappa shape index (κ1) is 22.1. The van der Waals surface area contributed by atoms with Crippen molar-refractivity contribution in [1.29, 1.82) is 0 Å². The second-order valence-corrected chi connectivity index (χ2v) is 9.50. The van der Waals surface area contributed by atoms with E-state index in [0.717, 1.165) is 39.8 Å². The molecular weight excluding hydrogens is 426 g/mol. The van der Waals surface area contributed by atoms with Gasteiger partial charge < -0.3 is 14.2 Å². The van der Waals surface area contributed by atoms with Crippen LogP contribution in [0.25, 0.3) is 33.3 Å². The molecule has 0 spiro atoms. The van der Waals surface area contributed by atoms with Gasteiger partial charge in [0.2, 0.25) is 0 Å². The Kier molecular flexibility index (Phi) is 5.82. The number of aromatic nitrogens is 3. The Balaban J connectivity index is 1.63. The highest BCUT2D eigenvalue weighted by Crippen LogP contribution is 2.34. The van der Waals surface area contributed by atoms with Gasteiger partial charge in [-0.05, 0) is 55.5 Å². The van der Waals surface area contributed by atoms with E-state index < -0.39 is 5.97 Å². The Morgan fingerprint density at radius 2 is 1.76 bits per heavy atom. The molecule has 1 saturated carbocycles. The van der Waals surface area contributed by atoms with Gasteiger partial charge in [-0.1, -0.05) is 31.4 Å². The minimum atomic E-state index is -0.929. The van der Waals surface area contributed by atoms with E-state index in [4.69, 9.17) is 4.98 Å². The molecule has 6 nitrogen and oxygen atoms in total. The quantitative estimate of drug-likeness (QED) is 0.421. The number of rotatable bonds is 5. The predicted octanol–water partition coefficient (Wildman–Crippen LogP) is 5.66. The van der Waals surface area contributed by atoms with Crippen LogP contribution in [0.2, 0.25) is 0 Å². The lowest BCUT2D eigenvalue weighted by Gasteiger charge is -2.22. The summed E-state index contributed by atoms with van der Waals surface area (Å²) in [7, 11) is 1.77. The minimum Gasteiger partial charge on any atom is -0.478 e. The summed E-state index contributed by atoms with van der Waals surface area (Å²) in [6.45, 7) is 2.78. The molecule has 5 rings (SSSR count). The zero-order valence-electron chi connectivity index (χ0n) is 19.6. The number of hydrogen-bond acceptors (Lipinski definition) is 3. The van der Waals surface area contributed by atoms with Gasteiger partial charge in [0.1, 0.15) is 0 Å². The number of hydrogen-bond donors (Lipinski definition) is 1. The number of carboxylic acid groups (broad SMARTS) is 1. The average Bonchev–Trinajstić information content (AvgIpc) is 3.20. The second kappa shape index (κ2) is 8.93. The number of aryl methyl sites for hydroxylation is 2. The minimum absolute atomic E-state index is 0.00514. The van der Waals surface area contributed by atoms with Gasteiger partial charge in [-0.15, -0.1) is 0 Å². The molecule has 0 amide bonds. The van der Waals surface area contributed by atoms with Crippen molar-refractivity contribution in [2.75, 3.05) is 0 Å². The molecule has 1 N–H and O–H groups in total. The summed E-state index contributed by atoms with van der Waals surface area (Å²) >= 11 is 0. The third kappa shape index (κ3) is 4.16. The van der Waals surface area contributed by atoms with Crippen LogP contribution in [0.3, 0.4) is 0 Å². The van der Waals surface area contributed by atoms with Gasteiger partial charge in [-0.3, -0.25) is 9.78 Å². The van der Waals surface area contributed by atoms with E-state index in [1.165, 1.54) is 32.1 Å². The lowest BCUT2D eigenvalue weighted by Crippen LogP contribution is -2.18. The van der Waals surface area contributed by atoms with E-state index in [-0.39, 0.29) is 11.1 Å². The molecule has 1 fully saturated rings. The predicted molar refractivity (Wildman–Crippen MR) is 134 cm³/mol. The summed E-state index contributed by atoms with van der Waals surface area (Å²) in [5, 5.41) is 9.26. The Hall–Kier alpha value is -3.67. The Bertz CT molecular complexity index is 1400. The highest BCUT2D eigenvalue weighted by molar-refractivity contribution is 5.95. The van der Waals surface area contributed by atoms with Crippen LogP contribution < -0.4 is 5.56 Å². The topological polar surface area (TPSA) is 77.1 Å². The van der Waals surface area contributed by atoms with Crippen molar-refractivity contribution in [3.8, 4) is 22.3 Å². The van der Waals surface area contributed by atoms with Gasteiger partial charge in [0, 0.05) is 54.4 Å². The number of nitrogens with zero attached hydrogens (tertiary/aromatic N) is 3. The van der Waals surface area contributed by atoms with Crippen LogP contribution >= 0.6 is 0 Å². The van der Waals surface area contributed by atoms with Crippen molar-refractivity contribution in [1.82, 2.24) is 14.1 Å². The second-order valence-electron chi connectivity index (χ2n) is 9.50. The molecular formula is C28H29N3O3. The molecule has 1 aliphatic carbocycles. The van der Waals surface area contributed by atoms with Crippen molar-refractivity contribution in [2.45, 2.75) is 45.6 Å². The number of benzene rings is 1. The maximum Gasteiger partial charge on any atom is 0.335 e. The van der Waals surface area contributed by atoms with Gasteiger partial charge in [-0.2, -0.15) is 0 Å². The number of pyridine rings is 2. The lowest BCUT2D eigenvalue weighted by atomic mass is 9.89. The smallest absolute Gasteiger partial charge is 0.335 e. The van der Waals surface area contributed by atoms with E-state index in [1.807, 2.05) is 37.5 Å². The van der Waals surface area contributed by atoms with Crippen molar-refractivity contribution in [2.24, 2.45) is 13.0 Å². The lowest BCUT2D eigenvalue weighted by molar-refractivity contribution is 0.0697. The number of fused-ring (bicyclic) bond motifs is 1. The average molecular weight is 456 g/mol. The Morgan fingerprint density at radius 1 is 1.03 bits per heavy atom. The van der Waals surface area contributed by atoms with E-state index in [0.29, 0.717) is 11.5 Å². The first-order valence-electron chi connectivity index (χ1n) is 11.9. The first-order chi connectivity index (χ1) is 16.4. The zero-order chi connectivity index (χ0) is 23.8. The maximum atomic E-state index is 12.2. The molecule has 4 aromatic rings. The van der Waals surface area contributed by atoms with Crippen LogP contribution in [-0.2, 0) is 13.6 Å². The summed E-state index contributed by atoms with van der Waals surface area (Å²) in [6.07, 6.45) is 12.3. The van der Waals surface area contributed by atoms with Gasteiger partial charge in [0.15, 0.2) is 0 Å². The fourth-order valence-electron chi connectivity index (χ4n) is 5.16. The van der Waals surface area contributed by atoms with E-state index >= 15 is 0 Å². The van der Waals surface area contributed by atoms with E-state index in [9.17, 15) is 14.7 Å². The first-order valence-corrected chi connectivity index (χ1v) is 11.9. The van der Waals surface area contributed by atoms with Crippen LogP contribution in [0, 0.1) is 12.8 Å². The van der Waals surface area contributed by atoms with Crippen molar-refractivity contribution >= 4 is 17.0 Å². The molecule has 6 heteroatoms. The number of carboxylic acids is 1. The summed E-state index contributed by atoms with van der Waals surface area (Å²) in [4.78, 5) is 28.3. The molecule has 1 aliphatic rings. The standard InChI is InChI=1S/C28H29N3O3/c1-18-12-23(16-30(2)27(18)32)22-13-25-26(29-14-22)24(20-8-10-21(11-9-20)28(33)34)17-31(25)15-19-6-4-3-5-7-19/h8-14,16-17,19H,3-7,15H2,1-2H3,(H,33,34). The summed E-state index contributed by atoms with van der Waals surface area (Å²) < 4.78 is 3.93. The molecule has 1 aromatic carbocycles. The summed E-state index contributed by atoms with van der Waals surface area (Å²) in [5.74, 6) is -0.281. The van der Waals surface area contributed by atoms with Crippen molar-refractivity contribution in [3.05, 3.63) is 76.5 Å². The highest BCUT2D eigenvalue weighted by atomic mass is 16.4. The zero-order valence-corrected chi connectivity index (χ0v) is 19.6. The third-order valence-corrected chi connectivity index (χ3v) is 7.04.